The molecule has 0 fully saturated rings. The fraction of sp³-hybridized carbons (Fsp3) is 0.389. The summed E-state index contributed by atoms with van der Waals surface area (Å²) in [6.45, 7) is 5.25. The fourth-order valence-electron chi connectivity index (χ4n) is 2.20. The molecule has 7 heteroatoms. The molecule has 0 saturated carbocycles. The summed E-state index contributed by atoms with van der Waals surface area (Å²) in [7, 11) is 1.27. The van der Waals surface area contributed by atoms with Gasteiger partial charge in [-0.15, -0.1) is 0 Å². The number of hydrogen-bond acceptors (Lipinski definition) is 5. The highest BCUT2D eigenvalue weighted by molar-refractivity contribution is 5.81. The lowest BCUT2D eigenvalue weighted by molar-refractivity contribution is -0.143. The highest BCUT2D eigenvalue weighted by atomic mass is 16.6. The number of alkyl carbamates (subject to hydrolysis) is 1. The molecule has 0 radical (unpaired) electrons. The maximum Gasteiger partial charge on any atom is 0.408 e. The molecule has 0 aliphatic carbocycles. The number of nitrogens with one attached hydrogen (secondary N) is 1. The quantitative estimate of drug-likeness (QED) is 0.842. The Bertz CT molecular complexity index is 719. The van der Waals surface area contributed by atoms with E-state index in [1.54, 1.807) is 27.1 Å². The molecule has 0 aliphatic heterocycles. The van der Waals surface area contributed by atoms with E-state index in [4.69, 9.17) is 9.47 Å². The largest absolute Gasteiger partial charge is 0.467 e. The van der Waals surface area contributed by atoms with Crippen molar-refractivity contribution in [1.82, 2.24) is 14.9 Å². The second kappa shape index (κ2) is 7.83. The van der Waals surface area contributed by atoms with Crippen LogP contribution < -0.4 is 5.32 Å². The number of imidazole rings is 1. The molecule has 1 aromatic heterocycles. The molecule has 0 saturated heterocycles. The SMILES string of the molecule is COC(=O)[C@H](Cc1cn(-c2ccccc2)cn1)NC(=O)OC(C)(C)C. The standard InChI is InChI=1S/C18H23N3O4/c1-18(2,3)25-17(23)20-15(16(22)24-4)10-13-11-21(12-19-13)14-8-6-5-7-9-14/h5-9,11-12,15H,10H2,1-4H3,(H,20,23)/t15-/m0/s1. The molecule has 134 valence electrons. The number of carbonyl (C=O) groups excluding carboxylic acids is 2. The molecule has 1 atom stereocenters. The molecule has 0 unspecified atom stereocenters. The van der Waals surface area contributed by atoms with E-state index in [1.165, 1.54) is 7.11 Å². The number of nitrogens with zero attached hydrogens (tertiary/aromatic N) is 2. The van der Waals surface area contributed by atoms with Crippen molar-refractivity contribution in [3.8, 4) is 5.69 Å². The van der Waals surface area contributed by atoms with E-state index in [0.717, 1.165) is 5.69 Å². The molecule has 1 aromatic carbocycles. The molecule has 1 N–H and O–H groups in total. The summed E-state index contributed by atoms with van der Waals surface area (Å²) in [5, 5.41) is 2.54. The Hall–Kier alpha value is -2.83. The average Bonchev–Trinajstić information content (AvgIpc) is 3.01. The van der Waals surface area contributed by atoms with Gasteiger partial charge in [0.2, 0.25) is 0 Å². The van der Waals surface area contributed by atoms with Gasteiger partial charge in [-0.3, -0.25) is 0 Å². The number of hydrogen-bond donors (Lipinski definition) is 1. The van der Waals surface area contributed by atoms with Crippen LogP contribution in [0.5, 0.6) is 0 Å². The lowest BCUT2D eigenvalue weighted by Crippen LogP contribution is -2.45. The van der Waals surface area contributed by atoms with Gasteiger partial charge < -0.3 is 19.4 Å². The summed E-state index contributed by atoms with van der Waals surface area (Å²) in [6, 6.07) is 8.80. The summed E-state index contributed by atoms with van der Waals surface area (Å²) in [4.78, 5) is 28.2. The maximum atomic E-state index is 12.0. The van der Waals surface area contributed by atoms with E-state index in [1.807, 2.05) is 41.1 Å². The molecule has 0 bridgehead atoms. The Balaban J connectivity index is 2.08. The lowest BCUT2D eigenvalue weighted by Gasteiger charge is -2.22. The normalized spacial score (nSPS) is 12.3. The average molecular weight is 345 g/mol. The lowest BCUT2D eigenvalue weighted by atomic mass is 10.1. The van der Waals surface area contributed by atoms with E-state index < -0.39 is 23.7 Å². The molecule has 2 aromatic rings. The first kappa shape index (κ1) is 18.5. The van der Waals surface area contributed by atoms with Crippen LogP contribution in [0.1, 0.15) is 26.5 Å². The monoisotopic (exact) mass is 345 g/mol. The summed E-state index contributed by atoms with van der Waals surface area (Å²) in [5.41, 5.74) is 0.950. The minimum absolute atomic E-state index is 0.200. The van der Waals surface area contributed by atoms with Crippen molar-refractivity contribution >= 4 is 12.1 Å². The molecule has 0 spiro atoms. The van der Waals surface area contributed by atoms with Crippen molar-refractivity contribution in [2.75, 3.05) is 7.11 Å². The third-order valence-corrected chi connectivity index (χ3v) is 3.28. The van der Waals surface area contributed by atoms with Gasteiger partial charge in [0.05, 0.1) is 19.1 Å². The Kier molecular flexibility index (Phi) is 5.80. The van der Waals surface area contributed by atoms with Gasteiger partial charge in [0.1, 0.15) is 11.6 Å². The first-order valence-electron chi connectivity index (χ1n) is 7.94. The number of methoxy groups -OCH3 is 1. The zero-order valence-corrected chi connectivity index (χ0v) is 14.9. The third-order valence-electron chi connectivity index (χ3n) is 3.28. The van der Waals surface area contributed by atoms with E-state index >= 15 is 0 Å². The third kappa shape index (κ3) is 5.63. The van der Waals surface area contributed by atoms with Gasteiger partial charge in [-0.1, -0.05) is 18.2 Å². The molecule has 1 heterocycles. The Morgan fingerprint density at radius 1 is 1.24 bits per heavy atom. The van der Waals surface area contributed by atoms with Crippen LogP contribution in [0.2, 0.25) is 0 Å². The molecule has 25 heavy (non-hydrogen) atoms. The smallest absolute Gasteiger partial charge is 0.408 e. The number of rotatable bonds is 5. The Morgan fingerprint density at radius 3 is 2.52 bits per heavy atom. The molecule has 0 aliphatic rings. The van der Waals surface area contributed by atoms with Crippen molar-refractivity contribution < 1.29 is 19.1 Å². The second-order valence-electron chi connectivity index (χ2n) is 6.53. The van der Waals surface area contributed by atoms with Crippen molar-refractivity contribution in [2.24, 2.45) is 0 Å². The summed E-state index contributed by atoms with van der Waals surface area (Å²) in [6.07, 6.45) is 2.99. The van der Waals surface area contributed by atoms with Crippen LogP contribution in [0.3, 0.4) is 0 Å². The van der Waals surface area contributed by atoms with Gasteiger partial charge in [0.15, 0.2) is 0 Å². The van der Waals surface area contributed by atoms with Gasteiger partial charge in [0.25, 0.3) is 0 Å². The van der Waals surface area contributed by atoms with Crippen molar-refractivity contribution in [3.05, 3.63) is 48.5 Å². The maximum absolute atomic E-state index is 12.0. The number of benzene rings is 1. The summed E-state index contributed by atoms with van der Waals surface area (Å²) in [5.74, 6) is -0.555. The minimum Gasteiger partial charge on any atom is -0.467 e. The van der Waals surface area contributed by atoms with Gasteiger partial charge in [0, 0.05) is 18.3 Å². The molecular weight excluding hydrogens is 322 g/mol. The summed E-state index contributed by atoms with van der Waals surface area (Å²) < 4.78 is 11.8. The predicted octanol–water partition coefficient (Wildman–Crippen LogP) is 2.48. The van der Waals surface area contributed by atoms with Crippen LogP contribution in [-0.4, -0.2) is 40.4 Å². The number of amides is 1. The van der Waals surface area contributed by atoms with E-state index in [-0.39, 0.29) is 6.42 Å². The molecule has 1 amide bonds. The van der Waals surface area contributed by atoms with E-state index in [0.29, 0.717) is 5.69 Å². The van der Waals surface area contributed by atoms with Crippen molar-refractivity contribution in [3.63, 3.8) is 0 Å². The minimum atomic E-state index is -0.876. The number of aromatic nitrogens is 2. The molecular formula is C18H23N3O4. The van der Waals surface area contributed by atoms with Gasteiger partial charge in [-0.2, -0.15) is 0 Å². The van der Waals surface area contributed by atoms with Gasteiger partial charge >= 0.3 is 12.1 Å². The topological polar surface area (TPSA) is 82.5 Å². The first-order chi connectivity index (χ1) is 11.8. The van der Waals surface area contributed by atoms with E-state index in [2.05, 4.69) is 10.3 Å². The highest BCUT2D eigenvalue weighted by Crippen LogP contribution is 2.11. The van der Waals surface area contributed by atoms with Crippen LogP contribution in [0.25, 0.3) is 5.69 Å². The van der Waals surface area contributed by atoms with Crippen LogP contribution in [0.4, 0.5) is 4.79 Å². The van der Waals surface area contributed by atoms with Crippen molar-refractivity contribution in [2.45, 2.75) is 38.8 Å². The first-order valence-corrected chi connectivity index (χ1v) is 7.94. The fourth-order valence-corrected chi connectivity index (χ4v) is 2.20. The Labute approximate surface area is 147 Å². The molecule has 2 rings (SSSR count). The van der Waals surface area contributed by atoms with Crippen molar-refractivity contribution in [1.29, 1.82) is 0 Å². The number of carbonyl (C=O) groups is 2. The molecule has 7 nitrogen and oxygen atoms in total. The van der Waals surface area contributed by atoms with Crippen LogP contribution in [0.15, 0.2) is 42.9 Å². The van der Waals surface area contributed by atoms with Crippen LogP contribution >= 0.6 is 0 Å². The van der Waals surface area contributed by atoms with Gasteiger partial charge in [-0.25, -0.2) is 14.6 Å². The van der Waals surface area contributed by atoms with Crippen LogP contribution in [-0.2, 0) is 20.7 Å². The number of para-hydroxylation sites is 1. The zero-order chi connectivity index (χ0) is 18.4. The number of ether oxygens (including phenoxy) is 2. The van der Waals surface area contributed by atoms with E-state index in [9.17, 15) is 9.59 Å². The zero-order valence-electron chi connectivity index (χ0n) is 14.9. The second-order valence-corrected chi connectivity index (χ2v) is 6.53. The number of esters is 1. The highest BCUT2D eigenvalue weighted by Gasteiger charge is 2.26. The van der Waals surface area contributed by atoms with Gasteiger partial charge in [-0.05, 0) is 32.9 Å². The predicted molar refractivity (Wildman–Crippen MR) is 92.4 cm³/mol. The summed E-state index contributed by atoms with van der Waals surface area (Å²) >= 11 is 0. The van der Waals surface area contributed by atoms with Crippen LogP contribution in [0, 0.1) is 0 Å². The Morgan fingerprint density at radius 2 is 1.92 bits per heavy atom.